The minimum Gasteiger partial charge on any atom is -0.493 e. The van der Waals surface area contributed by atoms with Crippen LogP contribution in [0.2, 0.25) is 0 Å². The van der Waals surface area contributed by atoms with Crippen LogP contribution in [-0.2, 0) is 6.42 Å². The summed E-state index contributed by atoms with van der Waals surface area (Å²) in [5, 5.41) is 9.19. The number of nitrogens with zero attached hydrogens (tertiary/aromatic N) is 2. The van der Waals surface area contributed by atoms with Crippen LogP contribution in [-0.4, -0.2) is 27.7 Å². The van der Waals surface area contributed by atoms with E-state index in [9.17, 15) is 9.90 Å². The Bertz CT molecular complexity index is 782. The van der Waals surface area contributed by atoms with Gasteiger partial charge in [0.2, 0.25) is 0 Å². The van der Waals surface area contributed by atoms with Gasteiger partial charge in [-0.2, -0.15) is 0 Å². The first-order valence-corrected chi connectivity index (χ1v) is 7.58. The number of fused-ring (bicyclic) bond motifs is 1. The molecule has 118 valence electrons. The molecule has 1 aromatic heterocycles. The van der Waals surface area contributed by atoms with Gasteiger partial charge in [-0.05, 0) is 35.3 Å². The number of carboxylic acid groups (broad SMARTS) is 1. The quantitative estimate of drug-likeness (QED) is 0.937. The fraction of sp³-hybridized carbons (Fsp3) is 0.278. The third-order valence-electron chi connectivity index (χ3n) is 3.75. The van der Waals surface area contributed by atoms with E-state index in [4.69, 9.17) is 4.74 Å². The largest absolute Gasteiger partial charge is 0.493 e. The molecule has 0 atom stereocenters. The van der Waals surface area contributed by atoms with E-state index >= 15 is 0 Å². The van der Waals surface area contributed by atoms with Gasteiger partial charge in [0.05, 0.1) is 17.9 Å². The second-order valence-corrected chi connectivity index (χ2v) is 5.79. The molecule has 1 N–H and O–H groups in total. The van der Waals surface area contributed by atoms with Crippen molar-refractivity contribution in [3.63, 3.8) is 0 Å². The molecule has 0 bridgehead atoms. The maximum Gasteiger partial charge on any atom is 0.339 e. The predicted molar refractivity (Wildman–Crippen MR) is 87.6 cm³/mol. The van der Waals surface area contributed by atoms with Gasteiger partial charge in [0.1, 0.15) is 5.75 Å². The van der Waals surface area contributed by atoms with Crippen LogP contribution in [0.25, 0.3) is 12.2 Å². The molecule has 3 rings (SSSR count). The van der Waals surface area contributed by atoms with E-state index in [0.717, 1.165) is 24.3 Å². The van der Waals surface area contributed by atoms with Crippen molar-refractivity contribution in [2.75, 3.05) is 6.61 Å². The summed E-state index contributed by atoms with van der Waals surface area (Å²) < 4.78 is 5.49. The summed E-state index contributed by atoms with van der Waals surface area (Å²) in [6, 6.07) is 6.04. The number of rotatable bonds is 4. The molecule has 0 radical (unpaired) electrons. The highest BCUT2D eigenvalue weighted by molar-refractivity contribution is 5.88. The lowest BCUT2D eigenvalue weighted by molar-refractivity contribution is 0.0694. The number of aromatic nitrogens is 2. The first-order chi connectivity index (χ1) is 11.0. The lowest BCUT2D eigenvalue weighted by Crippen LogP contribution is -2.08. The molecular formula is C18H18N2O3. The third kappa shape index (κ3) is 3.23. The molecule has 1 aromatic carbocycles. The van der Waals surface area contributed by atoms with Gasteiger partial charge < -0.3 is 9.84 Å². The second-order valence-electron chi connectivity index (χ2n) is 5.79. The Hall–Kier alpha value is -2.69. The fourth-order valence-corrected chi connectivity index (χ4v) is 2.58. The molecule has 0 aliphatic carbocycles. The Kier molecular flexibility index (Phi) is 4.10. The summed E-state index contributed by atoms with van der Waals surface area (Å²) in [4.78, 5) is 19.7. The van der Waals surface area contributed by atoms with Gasteiger partial charge in [-0.25, -0.2) is 14.8 Å². The van der Waals surface area contributed by atoms with Crippen LogP contribution in [0.3, 0.4) is 0 Å². The maximum atomic E-state index is 11.2. The summed E-state index contributed by atoms with van der Waals surface area (Å²) in [5.74, 6) is 0.484. The lowest BCUT2D eigenvalue weighted by atomic mass is 10.1. The van der Waals surface area contributed by atoms with Crippen LogP contribution in [0.5, 0.6) is 5.75 Å². The van der Waals surface area contributed by atoms with Crippen LogP contribution < -0.4 is 4.74 Å². The molecule has 2 aromatic rings. The average molecular weight is 310 g/mol. The van der Waals surface area contributed by atoms with Gasteiger partial charge in [0, 0.05) is 12.6 Å². The van der Waals surface area contributed by atoms with Gasteiger partial charge in [0.25, 0.3) is 0 Å². The van der Waals surface area contributed by atoms with Crippen molar-refractivity contribution in [1.82, 2.24) is 9.97 Å². The van der Waals surface area contributed by atoms with Crippen LogP contribution in [0.1, 0.15) is 52.8 Å². The molecule has 0 saturated carbocycles. The van der Waals surface area contributed by atoms with E-state index in [-0.39, 0.29) is 11.5 Å². The van der Waals surface area contributed by atoms with Gasteiger partial charge in [0.15, 0.2) is 5.82 Å². The molecule has 0 unspecified atom stereocenters. The monoisotopic (exact) mass is 310 g/mol. The van der Waals surface area contributed by atoms with Crippen molar-refractivity contribution in [1.29, 1.82) is 0 Å². The predicted octanol–water partition coefficient (Wildman–Crippen LogP) is 3.40. The molecular weight excluding hydrogens is 292 g/mol. The summed E-state index contributed by atoms with van der Waals surface area (Å²) in [6.07, 6.45) is 6.03. The fourth-order valence-electron chi connectivity index (χ4n) is 2.58. The summed E-state index contributed by atoms with van der Waals surface area (Å²) in [7, 11) is 0. The van der Waals surface area contributed by atoms with Crippen LogP contribution in [0.4, 0.5) is 0 Å². The number of ether oxygens (including phenoxy) is 1. The normalized spacial score (nSPS) is 13.3. The van der Waals surface area contributed by atoms with E-state index in [1.807, 2.05) is 32.1 Å². The van der Waals surface area contributed by atoms with Crippen molar-refractivity contribution in [2.24, 2.45) is 0 Å². The molecule has 0 amide bonds. The van der Waals surface area contributed by atoms with Gasteiger partial charge in [-0.3, -0.25) is 0 Å². The number of carboxylic acids is 1. The van der Waals surface area contributed by atoms with Gasteiger partial charge >= 0.3 is 5.97 Å². The first kappa shape index (κ1) is 15.2. The lowest BCUT2D eigenvalue weighted by Gasteiger charge is -2.08. The zero-order valence-electron chi connectivity index (χ0n) is 13.1. The average Bonchev–Trinajstić information content (AvgIpc) is 3.00. The highest BCUT2D eigenvalue weighted by atomic mass is 16.5. The van der Waals surface area contributed by atoms with E-state index in [2.05, 4.69) is 16.0 Å². The zero-order valence-corrected chi connectivity index (χ0v) is 13.1. The van der Waals surface area contributed by atoms with E-state index in [1.165, 1.54) is 11.8 Å². The van der Waals surface area contributed by atoms with Gasteiger partial charge in [-0.1, -0.05) is 26.0 Å². The summed E-state index contributed by atoms with van der Waals surface area (Å²) in [6.45, 7) is 4.57. The molecule has 0 fully saturated rings. The highest BCUT2D eigenvalue weighted by Crippen LogP contribution is 2.26. The molecule has 1 aliphatic rings. The third-order valence-corrected chi connectivity index (χ3v) is 3.75. The minimum atomic E-state index is -0.997. The maximum absolute atomic E-state index is 11.2. The molecule has 5 nitrogen and oxygen atoms in total. The Morgan fingerprint density at radius 1 is 1.35 bits per heavy atom. The van der Waals surface area contributed by atoms with Crippen LogP contribution in [0, 0.1) is 0 Å². The Morgan fingerprint density at radius 3 is 2.91 bits per heavy atom. The SMILES string of the molecule is CC(C)c1nc(/C=C/c2ccc3c(c2)CCO3)ncc1C(=O)O. The topological polar surface area (TPSA) is 72.3 Å². The van der Waals surface area contributed by atoms with Crippen LogP contribution >= 0.6 is 0 Å². The molecule has 2 heterocycles. The second kappa shape index (κ2) is 6.20. The number of hydrogen-bond donors (Lipinski definition) is 1. The molecule has 23 heavy (non-hydrogen) atoms. The Morgan fingerprint density at radius 2 is 2.17 bits per heavy atom. The minimum absolute atomic E-state index is 0.0217. The van der Waals surface area contributed by atoms with Crippen LogP contribution in [0.15, 0.2) is 24.4 Å². The van der Waals surface area contributed by atoms with E-state index < -0.39 is 5.97 Å². The Labute approximate surface area is 134 Å². The molecule has 5 heteroatoms. The van der Waals surface area contributed by atoms with E-state index in [1.54, 1.807) is 6.08 Å². The summed E-state index contributed by atoms with van der Waals surface area (Å²) >= 11 is 0. The van der Waals surface area contributed by atoms with Crippen molar-refractivity contribution in [3.05, 3.63) is 52.6 Å². The van der Waals surface area contributed by atoms with E-state index in [0.29, 0.717) is 11.5 Å². The van der Waals surface area contributed by atoms with Crippen molar-refractivity contribution >= 4 is 18.1 Å². The standard InChI is InChI=1S/C18H18N2O3/c1-11(2)17-14(18(21)22)10-19-16(20-17)6-4-12-3-5-15-13(9-12)7-8-23-15/h3-6,9-11H,7-8H2,1-2H3,(H,21,22)/b6-4+. The number of aromatic carboxylic acids is 1. The highest BCUT2D eigenvalue weighted by Gasteiger charge is 2.15. The smallest absolute Gasteiger partial charge is 0.339 e. The molecule has 0 saturated heterocycles. The molecule has 1 aliphatic heterocycles. The van der Waals surface area contributed by atoms with Crippen molar-refractivity contribution < 1.29 is 14.6 Å². The van der Waals surface area contributed by atoms with Crippen molar-refractivity contribution in [2.45, 2.75) is 26.2 Å². The number of hydrogen-bond acceptors (Lipinski definition) is 4. The first-order valence-electron chi connectivity index (χ1n) is 7.58. The summed E-state index contributed by atoms with van der Waals surface area (Å²) in [5.41, 5.74) is 2.96. The number of benzene rings is 1. The Balaban J connectivity index is 1.87. The molecule has 0 spiro atoms. The van der Waals surface area contributed by atoms with Gasteiger partial charge in [-0.15, -0.1) is 0 Å². The number of carbonyl (C=O) groups is 1. The zero-order chi connectivity index (χ0) is 16.4. The van der Waals surface area contributed by atoms with Crippen molar-refractivity contribution in [3.8, 4) is 5.75 Å².